The first-order valence-corrected chi connectivity index (χ1v) is 10.7. The van der Waals surface area contributed by atoms with Gasteiger partial charge in [0.15, 0.2) is 0 Å². The number of amides is 1. The van der Waals surface area contributed by atoms with Crippen LogP contribution in [0.3, 0.4) is 0 Å². The van der Waals surface area contributed by atoms with Gasteiger partial charge in [0.25, 0.3) is 5.91 Å². The summed E-state index contributed by atoms with van der Waals surface area (Å²) in [5, 5.41) is 2.90. The molecule has 0 unspecified atom stereocenters. The van der Waals surface area contributed by atoms with E-state index in [9.17, 15) is 13.2 Å². The molecule has 0 bridgehead atoms. The van der Waals surface area contributed by atoms with Gasteiger partial charge in [0.1, 0.15) is 0 Å². The number of anilines is 1. The highest BCUT2D eigenvalue weighted by Gasteiger charge is 2.26. The van der Waals surface area contributed by atoms with E-state index in [-0.39, 0.29) is 12.5 Å². The fraction of sp³-hybridized carbons (Fsp3) is 0.235. The Morgan fingerprint density at radius 2 is 2.15 bits per heavy atom. The van der Waals surface area contributed by atoms with Crippen molar-refractivity contribution >= 4 is 43.2 Å². The molecular formula is C17H16N4O3S2. The van der Waals surface area contributed by atoms with E-state index in [4.69, 9.17) is 0 Å². The largest absolute Gasteiger partial charge is 0.322 e. The van der Waals surface area contributed by atoms with Gasteiger partial charge >= 0.3 is 0 Å². The molecule has 9 heteroatoms. The van der Waals surface area contributed by atoms with E-state index in [0.717, 1.165) is 21.3 Å². The van der Waals surface area contributed by atoms with Crippen LogP contribution < -0.4 is 5.32 Å². The molecule has 0 atom stereocenters. The second kappa shape index (κ2) is 6.42. The first kappa shape index (κ1) is 17.1. The van der Waals surface area contributed by atoms with Crippen LogP contribution >= 0.6 is 11.3 Å². The van der Waals surface area contributed by atoms with Crippen molar-refractivity contribution in [2.24, 2.45) is 0 Å². The summed E-state index contributed by atoms with van der Waals surface area (Å²) in [6, 6.07) is 5.57. The summed E-state index contributed by atoms with van der Waals surface area (Å²) in [6.07, 6.45) is 4.85. The van der Waals surface area contributed by atoms with E-state index in [1.54, 1.807) is 11.7 Å². The van der Waals surface area contributed by atoms with Crippen LogP contribution in [0.15, 0.2) is 36.1 Å². The van der Waals surface area contributed by atoms with Crippen molar-refractivity contribution < 1.29 is 13.2 Å². The summed E-state index contributed by atoms with van der Waals surface area (Å²) in [4.78, 5) is 21.1. The summed E-state index contributed by atoms with van der Waals surface area (Å²) >= 11 is 1.51. The van der Waals surface area contributed by atoms with Crippen LogP contribution in [0.2, 0.25) is 0 Å². The SMILES string of the molecule is CS(=O)(=O)N1CCc2c(cncc2C(=O)Nc2ccc3ncsc3c2)C1. The van der Waals surface area contributed by atoms with Crippen molar-refractivity contribution in [3.05, 3.63) is 52.8 Å². The number of fused-ring (bicyclic) bond motifs is 2. The van der Waals surface area contributed by atoms with E-state index in [0.29, 0.717) is 24.2 Å². The monoisotopic (exact) mass is 388 g/mol. The lowest BCUT2D eigenvalue weighted by Crippen LogP contribution is -2.36. The van der Waals surface area contributed by atoms with Crippen LogP contribution in [-0.4, -0.2) is 41.4 Å². The highest BCUT2D eigenvalue weighted by Crippen LogP contribution is 2.25. The molecule has 1 N–H and O–H groups in total. The average Bonchev–Trinajstić information content (AvgIpc) is 3.07. The minimum atomic E-state index is -3.27. The molecule has 3 heterocycles. The molecule has 0 aliphatic carbocycles. The van der Waals surface area contributed by atoms with Gasteiger partial charge in [0.2, 0.25) is 10.0 Å². The third kappa shape index (κ3) is 3.20. The summed E-state index contributed by atoms with van der Waals surface area (Å²) in [6.45, 7) is 0.609. The zero-order valence-electron chi connectivity index (χ0n) is 14.0. The minimum absolute atomic E-state index is 0.244. The van der Waals surface area contributed by atoms with Crippen molar-refractivity contribution in [1.82, 2.24) is 14.3 Å². The fourth-order valence-electron chi connectivity index (χ4n) is 3.08. The Balaban J connectivity index is 1.61. The molecule has 0 radical (unpaired) electrons. The van der Waals surface area contributed by atoms with Crippen molar-refractivity contribution in [3.63, 3.8) is 0 Å². The number of carbonyl (C=O) groups excluding carboxylic acids is 1. The molecule has 0 saturated carbocycles. The fourth-order valence-corrected chi connectivity index (χ4v) is 4.59. The Bertz CT molecular complexity index is 1110. The predicted octanol–water partition coefficient (Wildman–Crippen LogP) is 2.26. The number of carbonyl (C=O) groups is 1. The van der Waals surface area contributed by atoms with Crippen LogP contribution in [0.4, 0.5) is 5.69 Å². The number of hydrogen-bond acceptors (Lipinski definition) is 6. The third-order valence-electron chi connectivity index (χ3n) is 4.41. The Kier molecular flexibility index (Phi) is 4.22. The average molecular weight is 388 g/mol. The van der Waals surface area contributed by atoms with Gasteiger partial charge < -0.3 is 5.32 Å². The number of rotatable bonds is 3. The summed E-state index contributed by atoms with van der Waals surface area (Å²) in [7, 11) is -3.27. The van der Waals surface area contributed by atoms with Crippen LogP contribution in [-0.2, 0) is 23.0 Å². The van der Waals surface area contributed by atoms with Crippen molar-refractivity contribution in [3.8, 4) is 0 Å². The highest BCUT2D eigenvalue weighted by atomic mass is 32.2. The zero-order chi connectivity index (χ0) is 18.3. The highest BCUT2D eigenvalue weighted by molar-refractivity contribution is 7.88. The molecule has 1 aliphatic rings. The van der Waals surface area contributed by atoms with E-state index < -0.39 is 10.0 Å². The third-order valence-corrected chi connectivity index (χ3v) is 6.45. The van der Waals surface area contributed by atoms with Gasteiger partial charge in [-0.05, 0) is 35.7 Å². The molecule has 0 saturated heterocycles. The second-order valence-corrected chi connectivity index (χ2v) is 9.03. The Morgan fingerprint density at radius 1 is 1.31 bits per heavy atom. The van der Waals surface area contributed by atoms with Gasteiger partial charge in [-0.15, -0.1) is 11.3 Å². The smallest absolute Gasteiger partial charge is 0.257 e. The molecule has 7 nitrogen and oxygen atoms in total. The summed E-state index contributed by atoms with van der Waals surface area (Å²) < 4.78 is 25.9. The van der Waals surface area contributed by atoms with Gasteiger partial charge in [-0.25, -0.2) is 13.4 Å². The van der Waals surface area contributed by atoms with Crippen LogP contribution in [0.25, 0.3) is 10.2 Å². The lowest BCUT2D eigenvalue weighted by molar-refractivity contribution is 0.102. The number of nitrogens with one attached hydrogen (secondary N) is 1. The molecule has 2 aromatic heterocycles. The molecule has 0 fully saturated rings. The van der Waals surface area contributed by atoms with Gasteiger partial charge in [0, 0.05) is 31.2 Å². The van der Waals surface area contributed by atoms with E-state index in [1.807, 2.05) is 18.2 Å². The van der Waals surface area contributed by atoms with E-state index >= 15 is 0 Å². The number of hydrogen-bond donors (Lipinski definition) is 1. The molecule has 1 aliphatic heterocycles. The Labute approximate surface area is 154 Å². The Hall–Kier alpha value is -2.36. The molecule has 1 amide bonds. The van der Waals surface area contributed by atoms with Gasteiger partial charge in [-0.2, -0.15) is 4.31 Å². The second-order valence-electron chi connectivity index (χ2n) is 6.16. The number of pyridine rings is 1. The topological polar surface area (TPSA) is 92.3 Å². The quantitative estimate of drug-likeness (QED) is 0.743. The van der Waals surface area contributed by atoms with Gasteiger partial charge in [-0.3, -0.25) is 9.78 Å². The lowest BCUT2D eigenvalue weighted by atomic mass is 9.98. The number of sulfonamides is 1. The molecule has 26 heavy (non-hydrogen) atoms. The summed E-state index contributed by atoms with van der Waals surface area (Å²) in [5.74, 6) is -0.244. The number of aromatic nitrogens is 2. The number of nitrogens with zero attached hydrogens (tertiary/aromatic N) is 3. The van der Waals surface area contributed by atoms with Crippen LogP contribution in [0.5, 0.6) is 0 Å². The molecule has 4 rings (SSSR count). The Morgan fingerprint density at radius 3 is 2.96 bits per heavy atom. The van der Waals surface area contributed by atoms with Gasteiger partial charge in [-0.1, -0.05) is 0 Å². The van der Waals surface area contributed by atoms with Gasteiger partial charge in [0.05, 0.1) is 27.5 Å². The zero-order valence-corrected chi connectivity index (χ0v) is 15.6. The summed E-state index contributed by atoms with van der Waals surface area (Å²) in [5.41, 5.74) is 5.47. The first-order chi connectivity index (χ1) is 12.4. The molecular weight excluding hydrogens is 372 g/mol. The normalized spacial score (nSPS) is 15.0. The van der Waals surface area contributed by atoms with Crippen LogP contribution in [0, 0.1) is 0 Å². The first-order valence-electron chi connectivity index (χ1n) is 7.97. The number of benzene rings is 1. The number of thiazole rings is 1. The maximum absolute atomic E-state index is 12.7. The molecule has 0 spiro atoms. The minimum Gasteiger partial charge on any atom is -0.322 e. The standard InChI is InChI=1S/C17H16N4O3S2/c1-26(23,24)21-5-4-13-11(9-21)7-18-8-14(13)17(22)20-12-2-3-15-16(6-12)25-10-19-15/h2-3,6-8,10H,4-5,9H2,1H3,(H,20,22). The molecule has 134 valence electrons. The molecule has 1 aromatic carbocycles. The predicted molar refractivity (Wildman–Crippen MR) is 101 cm³/mol. The maximum Gasteiger partial charge on any atom is 0.257 e. The van der Waals surface area contributed by atoms with E-state index in [2.05, 4.69) is 15.3 Å². The lowest BCUT2D eigenvalue weighted by Gasteiger charge is -2.27. The maximum atomic E-state index is 12.7. The van der Waals surface area contributed by atoms with E-state index in [1.165, 1.54) is 28.1 Å². The van der Waals surface area contributed by atoms with Crippen LogP contribution in [0.1, 0.15) is 21.5 Å². The van der Waals surface area contributed by atoms with Crippen molar-refractivity contribution in [2.45, 2.75) is 13.0 Å². The molecule has 3 aromatic rings. The van der Waals surface area contributed by atoms with Crippen molar-refractivity contribution in [2.75, 3.05) is 18.1 Å². The van der Waals surface area contributed by atoms with Crippen molar-refractivity contribution in [1.29, 1.82) is 0 Å².